The highest BCUT2D eigenvalue weighted by Gasteiger charge is 2.23. The van der Waals surface area contributed by atoms with Gasteiger partial charge in [0.2, 0.25) is 0 Å². The van der Waals surface area contributed by atoms with Crippen molar-refractivity contribution in [2.75, 3.05) is 19.8 Å². The van der Waals surface area contributed by atoms with E-state index in [0.717, 1.165) is 23.3 Å². The van der Waals surface area contributed by atoms with Crippen molar-refractivity contribution in [3.05, 3.63) is 54.6 Å². The highest BCUT2D eigenvalue weighted by Crippen LogP contribution is 2.29. The van der Waals surface area contributed by atoms with Crippen LogP contribution in [0.2, 0.25) is 0 Å². The van der Waals surface area contributed by atoms with Crippen LogP contribution in [0.5, 0.6) is 5.75 Å². The smallest absolute Gasteiger partial charge is 0.333 e. The summed E-state index contributed by atoms with van der Waals surface area (Å²) < 4.78 is 11.0. The van der Waals surface area contributed by atoms with Gasteiger partial charge in [0.15, 0.2) is 0 Å². The van der Waals surface area contributed by atoms with E-state index in [1.165, 1.54) is 0 Å². The monoisotopic (exact) mass is 369 g/mol. The standard InChI is InChI=1S/C20H23N3O4/c24-19(18-11-6-13-26-18)22-23-20(25)21-12-14-27-17-10-5-4-9-16(17)15-7-2-1-3-8-15/h1-5,7-10,18H,6,11-14H2,(H,22,24)(H2,21,23,25). The topological polar surface area (TPSA) is 88.7 Å². The van der Waals surface area contributed by atoms with E-state index in [-0.39, 0.29) is 5.91 Å². The molecule has 7 nitrogen and oxygen atoms in total. The number of rotatable bonds is 6. The Morgan fingerprint density at radius 1 is 1.04 bits per heavy atom. The molecular formula is C20H23N3O4. The zero-order chi connectivity index (χ0) is 18.9. The molecule has 7 heteroatoms. The van der Waals surface area contributed by atoms with Crippen LogP contribution in [-0.2, 0) is 9.53 Å². The Morgan fingerprint density at radius 2 is 1.81 bits per heavy atom. The molecule has 0 bridgehead atoms. The Kier molecular flexibility index (Phi) is 6.65. The lowest BCUT2D eigenvalue weighted by Gasteiger charge is -2.13. The molecule has 1 atom stereocenters. The summed E-state index contributed by atoms with van der Waals surface area (Å²) in [5.74, 6) is 0.410. The molecule has 2 aromatic carbocycles. The van der Waals surface area contributed by atoms with Crippen molar-refractivity contribution in [2.45, 2.75) is 18.9 Å². The number of urea groups is 1. The van der Waals surface area contributed by atoms with Gasteiger partial charge in [0.1, 0.15) is 18.5 Å². The molecule has 1 unspecified atom stereocenters. The zero-order valence-corrected chi connectivity index (χ0v) is 14.9. The van der Waals surface area contributed by atoms with Gasteiger partial charge in [-0.2, -0.15) is 0 Å². The van der Waals surface area contributed by atoms with Crippen molar-refractivity contribution in [1.82, 2.24) is 16.2 Å². The van der Waals surface area contributed by atoms with E-state index in [4.69, 9.17) is 9.47 Å². The minimum absolute atomic E-state index is 0.296. The molecule has 1 fully saturated rings. The van der Waals surface area contributed by atoms with Gasteiger partial charge in [-0.25, -0.2) is 10.2 Å². The van der Waals surface area contributed by atoms with Crippen LogP contribution in [0.4, 0.5) is 4.79 Å². The van der Waals surface area contributed by atoms with Crippen LogP contribution in [0.15, 0.2) is 54.6 Å². The second-order valence-corrected chi connectivity index (χ2v) is 6.08. The Hall–Kier alpha value is -3.06. The molecule has 142 valence electrons. The van der Waals surface area contributed by atoms with Crippen LogP contribution < -0.4 is 20.9 Å². The van der Waals surface area contributed by atoms with E-state index in [2.05, 4.69) is 16.2 Å². The Morgan fingerprint density at radius 3 is 2.59 bits per heavy atom. The summed E-state index contributed by atoms with van der Waals surface area (Å²) in [6.45, 7) is 1.17. The predicted molar refractivity (Wildman–Crippen MR) is 101 cm³/mol. The van der Waals surface area contributed by atoms with Crippen LogP contribution in [0.1, 0.15) is 12.8 Å². The average molecular weight is 369 g/mol. The van der Waals surface area contributed by atoms with Crippen molar-refractivity contribution in [3.63, 3.8) is 0 Å². The molecule has 3 N–H and O–H groups in total. The van der Waals surface area contributed by atoms with Crippen molar-refractivity contribution >= 4 is 11.9 Å². The first-order valence-electron chi connectivity index (χ1n) is 8.96. The van der Waals surface area contributed by atoms with Crippen LogP contribution in [-0.4, -0.2) is 37.8 Å². The Bertz CT molecular complexity index is 761. The number of ether oxygens (including phenoxy) is 2. The molecule has 3 rings (SSSR count). The molecule has 27 heavy (non-hydrogen) atoms. The summed E-state index contributed by atoms with van der Waals surface area (Å²) in [5.41, 5.74) is 6.71. The summed E-state index contributed by atoms with van der Waals surface area (Å²) in [6.07, 6.45) is 1.04. The third kappa shape index (κ3) is 5.46. The normalized spacial score (nSPS) is 15.8. The van der Waals surface area contributed by atoms with Crippen molar-refractivity contribution < 1.29 is 19.1 Å². The van der Waals surface area contributed by atoms with Crippen LogP contribution >= 0.6 is 0 Å². The van der Waals surface area contributed by atoms with E-state index in [1.54, 1.807) is 0 Å². The first-order valence-corrected chi connectivity index (χ1v) is 8.96. The molecule has 1 saturated heterocycles. The minimum Gasteiger partial charge on any atom is -0.491 e. The van der Waals surface area contributed by atoms with Crippen LogP contribution in [0, 0.1) is 0 Å². The number of para-hydroxylation sites is 1. The molecule has 1 aliphatic heterocycles. The number of amides is 3. The fourth-order valence-electron chi connectivity index (χ4n) is 2.80. The molecule has 3 amide bonds. The molecule has 2 aromatic rings. The second-order valence-electron chi connectivity index (χ2n) is 6.08. The lowest BCUT2D eigenvalue weighted by Crippen LogP contribution is -2.50. The fraction of sp³-hybridized carbons (Fsp3) is 0.300. The van der Waals surface area contributed by atoms with Crippen molar-refractivity contribution in [1.29, 1.82) is 0 Å². The summed E-state index contributed by atoms with van der Waals surface area (Å²) in [6, 6.07) is 17.2. The summed E-state index contributed by atoms with van der Waals surface area (Å²) in [7, 11) is 0. The Balaban J connectivity index is 1.40. The van der Waals surface area contributed by atoms with Crippen molar-refractivity contribution in [2.24, 2.45) is 0 Å². The van der Waals surface area contributed by atoms with E-state index >= 15 is 0 Å². The van der Waals surface area contributed by atoms with Gasteiger partial charge in [-0.3, -0.25) is 10.2 Å². The molecule has 0 spiro atoms. The van der Waals surface area contributed by atoms with Gasteiger partial charge in [0.25, 0.3) is 5.91 Å². The quantitative estimate of drug-likeness (QED) is 0.538. The summed E-state index contributed by atoms with van der Waals surface area (Å²) >= 11 is 0. The van der Waals surface area contributed by atoms with Gasteiger partial charge in [-0.15, -0.1) is 0 Å². The third-order valence-electron chi connectivity index (χ3n) is 4.14. The third-order valence-corrected chi connectivity index (χ3v) is 4.14. The minimum atomic E-state index is -0.499. The molecule has 1 heterocycles. The Labute approximate surface area is 158 Å². The number of hydrazine groups is 1. The van der Waals surface area contributed by atoms with Gasteiger partial charge in [-0.05, 0) is 24.5 Å². The molecule has 0 saturated carbocycles. The second kappa shape index (κ2) is 9.59. The number of carbonyl (C=O) groups is 2. The van der Waals surface area contributed by atoms with E-state index in [9.17, 15) is 9.59 Å². The van der Waals surface area contributed by atoms with Gasteiger partial charge in [0, 0.05) is 12.2 Å². The van der Waals surface area contributed by atoms with Gasteiger partial charge in [-0.1, -0.05) is 48.5 Å². The van der Waals surface area contributed by atoms with Gasteiger partial charge in [0.05, 0.1) is 6.54 Å². The van der Waals surface area contributed by atoms with E-state index < -0.39 is 12.1 Å². The number of benzene rings is 2. The maximum Gasteiger partial charge on any atom is 0.333 e. The predicted octanol–water partition coefficient (Wildman–Crippen LogP) is 2.24. The van der Waals surface area contributed by atoms with Crippen LogP contribution in [0.3, 0.4) is 0 Å². The highest BCUT2D eigenvalue weighted by atomic mass is 16.5. The number of carbonyl (C=O) groups excluding carboxylic acids is 2. The highest BCUT2D eigenvalue weighted by molar-refractivity contribution is 5.84. The molecule has 0 radical (unpaired) electrons. The number of hydrogen-bond acceptors (Lipinski definition) is 4. The first kappa shape index (κ1) is 18.7. The van der Waals surface area contributed by atoms with Crippen molar-refractivity contribution in [3.8, 4) is 16.9 Å². The lowest BCUT2D eigenvalue weighted by molar-refractivity contribution is -0.130. The molecule has 0 aliphatic carbocycles. The maximum atomic E-state index is 11.7. The maximum absolute atomic E-state index is 11.7. The summed E-state index contributed by atoms with van der Waals surface area (Å²) in [4.78, 5) is 23.5. The van der Waals surface area contributed by atoms with Crippen LogP contribution in [0.25, 0.3) is 11.1 Å². The van der Waals surface area contributed by atoms with Gasteiger partial charge < -0.3 is 14.8 Å². The SMILES string of the molecule is O=C(NCCOc1ccccc1-c1ccccc1)NNC(=O)C1CCCO1. The summed E-state index contributed by atoms with van der Waals surface area (Å²) in [5, 5.41) is 2.63. The number of hydrogen-bond donors (Lipinski definition) is 3. The van der Waals surface area contributed by atoms with E-state index in [0.29, 0.717) is 26.2 Å². The number of nitrogens with one attached hydrogen (secondary N) is 3. The molecule has 0 aromatic heterocycles. The zero-order valence-electron chi connectivity index (χ0n) is 14.9. The fourth-order valence-corrected chi connectivity index (χ4v) is 2.80. The lowest BCUT2D eigenvalue weighted by atomic mass is 10.1. The van der Waals surface area contributed by atoms with E-state index in [1.807, 2.05) is 54.6 Å². The van der Waals surface area contributed by atoms with Gasteiger partial charge >= 0.3 is 6.03 Å². The first-order chi connectivity index (χ1) is 13.2. The molecule has 1 aliphatic rings. The molecular weight excluding hydrogens is 346 g/mol. The largest absolute Gasteiger partial charge is 0.491 e. The average Bonchev–Trinajstić information content (AvgIpc) is 3.25.